The molecule has 0 aliphatic carbocycles. The van der Waals surface area contributed by atoms with E-state index in [-0.39, 0.29) is 44.8 Å². The fourth-order valence-corrected chi connectivity index (χ4v) is 0.270. The summed E-state index contributed by atoms with van der Waals surface area (Å²) < 4.78 is 0. The summed E-state index contributed by atoms with van der Waals surface area (Å²) in [7, 11) is 0. The maximum absolute atomic E-state index is 9.77. The minimum absolute atomic E-state index is 0. The Morgan fingerprint density at radius 1 is 0.833 bits per heavy atom. The van der Waals surface area contributed by atoms with Crippen LogP contribution in [-0.2, 0) is 54.3 Å². The molecule has 0 rings (SSSR count). The Morgan fingerprint density at radius 2 is 1.00 bits per heavy atom. The number of carboxylic acids is 2. The Bertz CT molecular complexity index is 142. The van der Waals surface area contributed by atoms with Crippen LogP contribution < -0.4 is 0 Å². The summed E-state index contributed by atoms with van der Waals surface area (Å²) in [5, 5.41) is 32.5. The molecule has 0 fully saturated rings. The van der Waals surface area contributed by atoms with Crippen molar-refractivity contribution in [3.63, 3.8) is 0 Å². The van der Waals surface area contributed by atoms with Crippen LogP contribution in [0.5, 0.6) is 0 Å². The second kappa shape index (κ2) is 7.96. The number of carbonyl (C=O) groups is 2. The largest absolute Gasteiger partial charge is 0.479 e. The van der Waals surface area contributed by atoms with Gasteiger partial charge in [-0.3, -0.25) is 0 Å². The SMILES string of the molecule is O=C(O)C(O)C(O)C(=O)O.[Au].[Au]. The second-order valence-corrected chi connectivity index (χ2v) is 1.57. The van der Waals surface area contributed by atoms with Gasteiger partial charge in [-0.05, 0) is 0 Å². The molecule has 2 radical (unpaired) electrons. The standard InChI is InChI=1S/C4H6O6.2Au/c5-1(3(7)8)2(6)4(9)10;;/h1-2,5-6H,(H,7,8)(H,9,10);;. The van der Waals surface area contributed by atoms with Crippen molar-refractivity contribution in [3.8, 4) is 0 Å². The average Bonchev–Trinajstić information content (AvgIpc) is 1.84. The molecule has 0 aliphatic heterocycles. The van der Waals surface area contributed by atoms with Gasteiger partial charge in [-0.1, -0.05) is 0 Å². The summed E-state index contributed by atoms with van der Waals surface area (Å²) in [5.41, 5.74) is 0. The van der Waals surface area contributed by atoms with Crippen LogP contribution in [0.25, 0.3) is 0 Å². The van der Waals surface area contributed by atoms with Gasteiger partial charge in [0.25, 0.3) is 0 Å². The van der Waals surface area contributed by atoms with E-state index in [0.717, 1.165) is 0 Å². The van der Waals surface area contributed by atoms with Crippen molar-refractivity contribution in [3.05, 3.63) is 0 Å². The molecule has 0 saturated carbocycles. The number of hydrogen-bond donors (Lipinski definition) is 4. The van der Waals surface area contributed by atoms with Gasteiger partial charge in [0.1, 0.15) is 0 Å². The summed E-state index contributed by atoms with van der Waals surface area (Å²) in [6.07, 6.45) is -4.53. The monoisotopic (exact) mass is 544 g/mol. The number of rotatable bonds is 3. The van der Waals surface area contributed by atoms with E-state index in [4.69, 9.17) is 20.4 Å². The van der Waals surface area contributed by atoms with Gasteiger partial charge >= 0.3 is 11.9 Å². The molecule has 0 aromatic rings. The first-order valence-electron chi connectivity index (χ1n) is 2.28. The Labute approximate surface area is 98.6 Å². The van der Waals surface area contributed by atoms with E-state index in [1.54, 1.807) is 0 Å². The van der Waals surface area contributed by atoms with Crippen molar-refractivity contribution in [2.75, 3.05) is 0 Å². The molecular weight excluding hydrogens is 538 g/mol. The minimum atomic E-state index is -2.27. The van der Waals surface area contributed by atoms with E-state index in [9.17, 15) is 9.59 Å². The Balaban J connectivity index is -0.000000405. The van der Waals surface area contributed by atoms with Crippen LogP contribution in [0, 0.1) is 0 Å². The Morgan fingerprint density at radius 3 is 1.08 bits per heavy atom. The number of aliphatic hydroxyl groups is 2. The van der Waals surface area contributed by atoms with Crippen molar-refractivity contribution < 1.29 is 74.8 Å². The quantitative estimate of drug-likeness (QED) is 0.303. The van der Waals surface area contributed by atoms with Crippen molar-refractivity contribution in [1.82, 2.24) is 0 Å². The Hall–Kier alpha value is 0.341. The van der Waals surface area contributed by atoms with Crippen LogP contribution in [0.1, 0.15) is 0 Å². The zero-order valence-electron chi connectivity index (χ0n) is 5.36. The molecule has 6 nitrogen and oxygen atoms in total. The molecule has 4 N–H and O–H groups in total. The number of carboxylic acid groups (broad SMARTS) is 2. The van der Waals surface area contributed by atoms with Crippen molar-refractivity contribution in [2.24, 2.45) is 0 Å². The van der Waals surface area contributed by atoms with Gasteiger partial charge < -0.3 is 20.4 Å². The van der Waals surface area contributed by atoms with Gasteiger partial charge in [0.15, 0.2) is 12.2 Å². The topological polar surface area (TPSA) is 115 Å². The van der Waals surface area contributed by atoms with Crippen molar-refractivity contribution >= 4 is 11.9 Å². The fraction of sp³-hybridized carbons (Fsp3) is 0.500. The smallest absolute Gasteiger partial charge is 0.335 e. The fourth-order valence-electron chi connectivity index (χ4n) is 0.270. The molecule has 0 heterocycles. The number of aliphatic carboxylic acids is 2. The second-order valence-electron chi connectivity index (χ2n) is 1.57. The molecule has 0 spiro atoms. The van der Waals surface area contributed by atoms with E-state index in [1.807, 2.05) is 0 Å². The molecule has 0 aromatic carbocycles. The molecule has 2 unspecified atom stereocenters. The van der Waals surface area contributed by atoms with Gasteiger partial charge in [-0.15, -0.1) is 0 Å². The van der Waals surface area contributed by atoms with E-state index in [2.05, 4.69) is 0 Å². The first-order chi connectivity index (χ1) is 4.46. The summed E-state index contributed by atoms with van der Waals surface area (Å²) in [4.78, 5) is 19.5. The van der Waals surface area contributed by atoms with Crippen LogP contribution in [-0.4, -0.2) is 44.6 Å². The molecular formula is C4H6Au2O6. The Kier molecular flexibility index (Phi) is 12.1. The maximum atomic E-state index is 9.77. The molecule has 12 heavy (non-hydrogen) atoms. The molecule has 0 aliphatic rings. The third kappa shape index (κ3) is 5.92. The minimum Gasteiger partial charge on any atom is -0.479 e. The summed E-state index contributed by atoms with van der Waals surface area (Å²) in [6, 6.07) is 0. The van der Waals surface area contributed by atoms with Gasteiger partial charge in [-0.25, -0.2) is 9.59 Å². The van der Waals surface area contributed by atoms with E-state index in [1.165, 1.54) is 0 Å². The zero-order chi connectivity index (χ0) is 8.31. The van der Waals surface area contributed by atoms with Gasteiger partial charge in [-0.2, -0.15) is 0 Å². The molecule has 2 atom stereocenters. The predicted octanol–water partition coefficient (Wildman–Crippen LogP) is -2.13. The number of aliphatic hydroxyl groups excluding tert-OH is 2. The molecule has 80 valence electrons. The number of hydrogen-bond acceptors (Lipinski definition) is 4. The molecule has 0 amide bonds. The predicted molar refractivity (Wildman–Crippen MR) is 27.3 cm³/mol. The zero-order valence-corrected chi connectivity index (χ0v) is 9.70. The third-order valence-electron chi connectivity index (χ3n) is 0.805. The first-order valence-corrected chi connectivity index (χ1v) is 2.28. The van der Waals surface area contributed by atoms with E-state index in [0.29, 0.717) is 0 Å². The average molecular weight is 544 g/mol. The van der Waals surface area contributed by atoms with Gasteiger partial charge in [0.2, 0.25) is 0 Å². The van der Waals surface area contributed by atoms with Crippen LogP contribution >= 0.6 is 0 Å². The molecule has 0 saturated heterocycles. The van der Waals surface area contributed by atoms with Crippen LogP contribution in [0.4, 0.5) is 0 Å². The first kappa shape index (κ1) is 18.2. The van der Waals surface area contributed by atoms with Crippen LogP contribution in [0.2, 0.25) is 0 Å². The molecule has 0 bridgehead atoms. The summed E-state index contributed by atoms with van der Waals surface area (Å²) in [5.74, 6) is -3.54. The summed E-state index contributed by atoms with van der Waals surface area (Å²) in [6.45, 7) is 0. The van der Waals surface area contributed by atoms with Crippen molar-refractivity contribution in [1.29, 1.82) is 0 Å². The normalized spacial score (nSPS) is 13.2. The van der Waals surface area contributed by atoms with Crippen LogP contribution in [0.3, 0.4) is 0 Å². The molecule has 0 aromatic heterocycles. The van der Waals surface area contributed by atoms with Crippen LogP contribution in [0.15, 0.2) is 0 Å². The van der Waals surface area contributed by atoms with E-state index < -0.39 is 24.1 Å². The van der Waals surface area contributed by atoms with Gasteiger partial charge in [0, 0.05) is 44.8 Å². The maximum Gasteiger partial charge on any atom is 0.335 e. The van der Waals surface area contributed by atoms with Gasteiger partial charge in [0.05, 0.1) is 0 Å². The third-order valence-corrected chi connectivity index (χ3v) is 0.805. The molecule has 8 heteroatoms. The van der Waals surface area contributed by atoms with Crippen molar-refractivity contribution in [2.45, 2.75) is 12.2 Å². The van der Waals surface area contributed by atoms with E-state index >= 15 is 0 Å². The summed E-state index contributed by atoms with van der Waals surface area (Å²) >= 11 is 0.